The molecule has 2 aliphatic heterocycles. The van der Waals surface area contributed by atoms with Crippen LogP contribution < -0.4 is 15.2 Å². The molecular formula is C27H31N5O4S. The smallest absolute Gasteiger partial charge is 0.295 e. The third kappa shape index (κ3) is 4.26. The highest BCUT2D eigenvalue weighted by Gasteiger charge is 2.42. The lowest BCUT2D eigenvalue weighted by Gasteiger charge is -2.51. The molecule has 5 rings (SSSR count). The van der Waals surface area contributed by atoms with Gasteiger partial charge in [0.25, 0.3) is 5.56 Å². The molecule has 9 nitrogen and oxygen atoms in total. The number of pyridine rings is 2. The second-order valence-electron chi connectivity index (χ2n) is 9.86. The van der Waals surface area contributed by atoms with Gasteiger partial charge in [0.1, 0.15) is 29.6 Å². The number of fused-ring (bicyclic) bond motifs is 5. The Kier molecular flexibility index (Phi) is 6.46. The number of aryl methyl sites for hydroxylation is 1. The largest absolute Gasteiger partial charge is 0.484 e. The van der Waals surface area contributed by atoms with Gasteiger partial charge in [-0.15, -0.1) is 0 Å². The van der Waals surface area contributed by atoms with Crippen LogP contribution in [0.3, 0.4) is 0 Å². The van der Waals surface area contributed by atoms with E-state index in [9.17, 15) is 18.5 Å². The van der Waals surface area contributed by atoms with Crippen molar-refractivity contribution in [3.8, 4) is 11.8 Å². The first-order valence-electron chi connectivity index (χ1n) is 12.6. The zero-order chi connectivity index (χ0) is 26.5. The van der Waals surface area contributed by atoms with E-state index in [0.717, 1.165) is 24.9 Å². The summed E-state index contributed by atoms with van der Waals surface area (Å²) >= 11 is 0. The Balaban J connectivity index is 1.54. The van der Waals surface area contributed by atoms with Crippen LogP contribution in [-0.4, -0.2) is 60.9 Å². The molecule has 1 saturated heterocycles. The molecule has 3 aromatic rings. The van der Waals surface area contributed by atoms with E-state index in [0.29, 0.717) is 46.2 Å². The summed E-state index contributed by atoms with van der Waals surface area (Å²) in [6.45, 7) is 6.09. The Morgan fingerprint density at radius 2 is 1.89 bits per heavy atom. The number of piperazine rings is 1. The van der Waals surface area contributed by atoms with Crippen LogP contribution in [0.15, 0.2) is 46.1 Å². The van der Waals surface area contributed by atoms with Gasteiger partial charge in [-0.1, -0.05) is 26.0 Å². The fourth-order valence-electron chi connectivity index (χ4n) is 5.74. The van der Waals surface area contributed by atoms with Crippen LogP contribution in [0.4, 0.5) is 5.69 Å². The Bertz CT molecular complexity index is 1560. The average Bonchev–Trinajstić information content (AvgIpc) is 2.90. The van der Waals surface area contributed by atoms with E-state index in [1.54, 1.807) is 31.3 Å². The molecule has 0 saturated carbocycles. The van der Waals surface area contributed by atoms with Gasteiger partial charge in [0, 0.05) is 38.5 Å². The lowest BCUT2D eigenvalue weighted by molar-refractivity contribution is 0.0720. The maximum absolute atomic E-state index is 13.2. The summed E-state index contributed by atoms with van der Waals surface area (Å²) in [5, 5.41) is 9.46. The number of hydrogen-bond acceptors (Lipinski definition) is 8. The molecule has 0 radical (unpaired) electrons. The Hall–Kier alpha value is -3.42. The maximum atomic E-state index is 13.2. The highest BCUT2D eigenvalue weighted by Crippen LogP contribution is 2.41. The third-order valence-electron chi connectivity index (χ3n) is 7.69. The third-order valence-corrected chi connectivity index (χ3v) is 8.81. The van der Waals surface area contributed by atoms with E-state index in [1.807, 2.05) is 12.1 Å². The minimum atomic E-state index is -3.26. The quantitative estimate of drug-likeness (QED) is 0.504. The van der Waals surface area contributed by atoms with Crippen molar-refractivity contribution < 1.29 is 13.2 Å². The van der Waals surface area contributed by atoms with Crippen molar-refractivity contribution in [3.05, 3.63) is 58.0 Å². The topological polar surface area (TPSA) is 109 Å². The monoisotopic (exact) mass is 521 g/mol. The summed E-state index contributed by atoms with van der Waals surface area (Å²) in [6.07, 6.45) is 2.99. The van der Waals surface area contributed by atoms with Gasteiger partial charge in [-0.3, -0.25) is 9.69 Å². The Morgan fingerprint density at radius 1 is 1.16 bits per heavy atom. The van der Waals surface area contributed by atoms with Gasteiger partial charge in [0.2, 0.25) is 5.75 Å². The van der Waals surface area contributed by atoms with Crippen LogP contribution in [0.2, 0.25) is 0 Å². The SMILES string of the molecule is CCC(c1ccc(S(C)(=O)=O)cc1)N1C[C@H]2COc3c(c4nc(C#N)ccc4n(C)c3=O)N2C[C@H]1CC. The second-order valence-corrected chi connectivity index (χ2v) is 11.9. The summed E-state index contributed by atoms with van der Waals surface area (Å²) in [6, 6.07) is 13.0. The molecule has 10 heteroatoms. The molecule has 1 unspecified atom stereocenters. The molecule has 0 N–H and O–H groups in total. The molecule has 0 bridgehead atoms. The molecular weight excluding hydrogens is 490 g/mol. The van der Waals surface area contributed by atoms with Gasteiger partial charge in [-0.2, -0.15) is 5.26 Å². The molecule has 4 heterocycles. The van der Waals surface area contributed by atoms with Crippen molar-refractivity contribution in [2.24, 2.45) is 7.05 Å². The lowest BCUT2D eigenvalue weighted by atomic mass is 9.95. The van der Waals surface area contributed by atoms with Crippen LogP contribution in [0.5, 0.6) is 5.75 Å². The van der Waals surface area contributed by atoms with E-state index in [1.165, 1.54) is 10.8 Å². The number of benzene rings is 1. The molecule has 0 aliphatic carbocycles. The van der Waals surface area contributed by atoms with E-state index in [2.05, 4.69) is 34.7 Å². The standard InChI is InChI=1S/C27H31N5O4S/c1-5-19-14-32-20(15-31(19)22(6-2)17-7-10-21(11-8-17)37(4,34)35)16-36-26-25(32)24-23(30(3)27(26)33)12-9-18(13-28)29-24/h7-12,19-20,22H,5-6,14-16H2,1-4H3/t19-,20+,22?/m1/s1. The van der Waals surface area contributed by atoms with E-state index in [4.69, 9.17) is 4.74 Å². The van der Waals surface area contributed by atoms with Crippen LogP contribution in [0.1, 0.15) is 44.0 Å². The maximum Gasteiger partial charge on any atom is 0.295 e. The fourth-order valence-corrected chi connectivity index (χ4v) is 6.37. The van der Waals surface area contributed by atoms with Gasteiger partial charge in [0.05, 0.1) is 16.5 Å². The van der Waals surface area contributed by atoms with Crippen molar-refractivity contribution in [2.75, 3.05) is 30.9 Å². The molecule has 194 valence electrons. The van der Waals surface area contributed by atoms with Crippen molar-refractivity contribution >= 4 is 26.6 Å². The summed E-state index contributed by atoms with van der Waals surface area (Å²) < 4.78 is 31.5. The Morgan fingerprint density at radius 3 is 2.51 bits per heavy atom. The van der Waals surface area contributed by atoms with Crippen LogP contribution in [0.25, 0.3) is 11.0 Å². The lowest BCUT2D eigenvalue weighted by Crippen LogP contribution is -2.62. The molecule has 2 aliphatic rings. The summed E-state index contributed by atoms with van der Waals surface area (Å²) in [5.74, 6) is 0.292. The summed E-state index contributed by atoms with van der Waals surface area (Å²) in [4.78, 5) is 22.8. The number of rotatable bonds is 5. The zero-order valence-electron chi connectivity index (χ0n) is 21.5. The van der Waals surface area contributed by atoms with Crippen LogP contribution in [-0.2, 0) is 16.9 Å². The first-order valence-corrected chi connectivity index (χ1v) is 14.5. The van der Waals surface area contributed by atoms with Gasteiger partial charge in [-0.25, -0.2) is 13.4 Å². The minimum Gasteiger partial charge on any atom is -0.484 e. The van der Waals surface area contributed by atoms with Crippen molar-refractivity contribution in [3.63, 3.8) is 0 Å². The highest BCUT2D eigenvalue weighted by atomic mass is 32.2. The van der Waals surface area contributed by atoms with Crippen molar-refractivity contribution in [1.29, 1.82) is 5.26 Å². The van der Waals surface area contributed by atoms with Crippen LogP contribution >= 0.6 is 0 Å². The number of sulfone groups is 1. The minimum absolute atomic E-state index is 0.00231. The molecule has 0 spiro atoms. The van der Waals surface area contributed by atoms with Gasteiger partial charge >= 0.3 is 0 Å². The van der Waals surface area contributed by atoms with Gasteiger partial charge in [-0.05, 0) is 42.7 Å². The molecule has 0 amide bonds. The fraction of sp³-hybridized carbons (Fsp3) is 0.444. The number of hydrogen-bond donors (Lipinski definition) is 0. The summed E-state index contributed by atoms with van der Waals surface area (Å²) in [7, 11) is -1.56. The molecule has 37 heavy (non-hydrogen) atoms. The van der Waals surface area contributed by atoms with Crippen LogP contribution in [0, 0.1) is 11.3 Å². The number of nitriles is 1. The summed E-state index contributed by atoms with van der Waals surface area (Å²) in [5.41, 5.74) is 3.12. The first-order chi connectivity index (χ1) is 17.7. The number of nitrogens with zero attached hydrogens (tertiary/aromatic N) is 5. The second kappa shape index (κ2) is 9.47. The number of ether oxygens (including phenoxy) is 1. The molecule has 3 atom stereocenters. The molecule has 1 fully saturated rings. The zero-order valence-corrected chi connectivity index (χ0v) is 22.3. The number of aromatic nitrogens is 2. The Labute approximate surface area is 216 Å². The van der Waals surface area contributed by atoms with E-state index < -0.39 is 9.84 Å². The van der Waals surface area contributed by atoms with E-state index >= 15 is 0 Å². The van der Waals surface area contributed by atoms with Crippen molar-refractivity contribution in [2.45, 2.75) is 49.7 Å². The average molecular weight is 522 g/mol. The van der Waals surface area contributed by atoms with Gasteiger partial charge < -0.3 is 14.2 Å². The predicted molar refractivity (Wildman–Crippen MR) is 142 cm³/mol. The normalized spacial score (nSPS) is 20.6. The van der Waals surface area contributed by atoms with Crippen molar-refractivity contribution in [1.82, 2.24) is 14.5 Å². The first kappa shape index (κ1) is 25.2. The predicted octanol–water partition coefficient (Wildman–Crippen LogP) is 3.02. The molecule has 2 aromatic heterocycles. The highest BCUT2D eigenvalue weighted by molar-refractivity contribution is 7.90. The molecule has 1 aromatic carbocycles. The van der Waals surface area contributed by atoms with E-state index in [-0.39, 0.29) is 23.7 Å². The number of anilines is 1. The van der Waals surface area contributed by atoms with Gasteiger partial charge in [0.15, 0.2) is 9.84 Å².